The number of aromatic nitrogens is 1. The summed E-state index contributed by atoms with van der Waals surface area (Å²) in [5, 5.41) is 14.8. The van der Waals surface area contributed by atoms with E-state index in [0.29, 0.717) is 28.1 Å². The van der Waals surface area contributed by atoms with Crippen LogP contribution in [0.15, 0.2) is 102 Å². The number of carbonyl (C=O) groups is 2. The molecular weight excluding hydrogens is 520 g/mol. The highest BCUT2D eigenvalue weighted by Crippen LogP contribution is 2.32. The van der Waals surface area contributed by atoms with E-state index in [4.69, 9.17) is 4.74 Å². The van der Waals surface area contributed by atoms with Crippen molar-refractivity contribution in [2.24, 2.45) is 0 Å². The van der Waals surface area contributed by atoms with Gasteiger partial charge in [-0.1, -0.05) is 48.5 Å². The molecule has 10 nitrogen and oxygen atoms in total. The number of aliphatic carboxylic acids is 1. The molecule has 0 aliphatic heterocycles. The number of sulfonamides is 1. The SMILES string of the molecule is COc1ccc(-c2ccc(NC(=O)Nc3cccnc3)cc2)cc1S(=O)(=O)NC(CC(=O)O)c1ccccc1. The lowest BCUT2D eigenvalue weighted by molar-refractivity contribution is -0.137. The van der Waals surface area contributed by atoms with Crippen LogP contribution < -0.4 is 20.1 Å². The van der Waals surface area contributed by atoms with Crippen LogP contribution in [-0.2, 0) is 14.8 Å². The van der Waals surface area contributed by atoms with Gasteiger partial charge in [-0.05, 0) is 53.1 Å². The second-order valence-corrected chi connectivity index (χ2v) is 10.1. The summed E-state index contributed by atoms with van der Waals surface area (Å²) < 4.78 is 34.7. The Balaban J connectivity index is 1.56. The normalized spacial score (nSPS) is 11.8. The van der Waals surface area contributed by atoms with Crippen molar-refractivity contribution in [1.29, 1.82) is 0 Å². The van der Waals surface area contributed by atoms with Crippen molar-refractivity contribution >= 4 is 33.4 Å². The number of ether oxygens (including phenoxy) is 1. The maximum Gasteiger partial charge on any atom is 0.323 e. The van der Waals surface area contributed by atoms with E-state index in [1.165, 1.54) is 25.4 Å². The number of carbonyl (C=O) groups excluding carboxylic acids is 1. The van der Waals surface area contributed by atoms with E-state index in [-0.39, 0.29) is 10.6 Å². The Labute approximate surface area is 225 Å². The van der Waals surface area contributed by atoms with Gasteiger partial charge in [0.05, 0.1) is 31.5 Å². The number of pyridine rings is 1. The maximum absolute atomic E-state index is 13.4. The van der Waals surface area contributed by atoms with Gasteiger partial charge in [-0.3, -0.25) is 9.78 Å². The third-order valence-electron chi connectivity index (χ3n) is 5.73. The number of anilines is 2. The van der Waals surface area contributed by atoms with Crippen LogP contribution in [0.1, 0.15) is 18.0 Å². The highest BCUT2D eigenvalue weighted by molar-refractivity contribution is 7.89. The number of nitrogens with one attached hydrogen (secondary N) is 3. The third kappa shape index (κ3) is 7.18. The fraction of sp³-hybridized carbons (Fsp3) is 0.107. The van der Waals surface area contributed by atoms with Gasteiger partial charge in [-0.25, -0.2) is 17.9 Å². The predicted molar refractivity (Wildman–Crippen MR) is 147 cm³/mol. The number of methoxy groups -OCH3 is 1. The molecule has 1 atom stereocenters. The number of amides is 2. The highest BCUT2D eigenvalue weighted by Gasteiger charge is 2.26. The molecule has 4 aromatic rings. The molecular formula is C28H26N4O6S. The summed E-state index contributed by atoms with van der Waals surface area (Å²) in [5.41, 5.74) is 2.87. The van der Waals surface area contributed by atoms with Crippen LogP contribution in [0.5, 0.6) is 5.75 Å². The first-order valence-electron chi connectivity index (χ1n) is 11.8. The molecule has 2 amide bonds. The smallest absolute Gasteiger partial charge is 0.323 e. The number of hydrogen-bond donors (Lipinski definition) is 4. The minimum Gasteiger partial charge on any atom is -0.495 e. The Morgan fingerprint density at radius 2 is 1.59 bits per heavy atom. The topological polar surface area (TPSA) is 147 Å². The molecule has 11 heteroatoms. The van der Waals surface area contributed by atoms with Crippen LogP contribution in [0, 0.1) is 0 Å². The quantitative estimate of drug-likeness (QED) is 0.221. The zero-order valence-corrected chi connectivity index (χ0v) is 21.7. The van der Waals surface area contributed by atoms with Gasteiger partial charge >= 0.3 is 12.0 Å². The molecule has 1 heterocycles. The Bertz CT molecular complexity index is 1550. The zero-order valence-electron chi connectivity index (χ0n) is 20.9. The Kier molecular flexibility index (Phi) is 8.54. The van der Waals surface area contributed by atoms with Crippen molar-refractivity contribution in [3.63, 3.8) is 0 Å². The number of benzene rings is 3. The van der Waals surface area contributed by atoms with Crippen molar-refractivity contribution in [2.45, 2.75) is 17.4 Å². The lowest BCUT2D eigenvalue weighted by Gasteiger charge is -2.19. The van der Waals surface area contributed by atoms with Gasteiger partial charge in [0, 0.05) is 11.9 Å². The molecule has 0 saturated heterocycles. The lowest BCUT2D eigenvalue weighted by Crippen LogP contribution is -2.30. The summed E-state index contributed by atoms with van der Waals surface area (Å²) >= 11 is 0. The van der Waals surface area contributed by atoms with Crippen molar-refractivity contribution in [1.82, 2.24) is 9.71 Å². The van der Waals surface area contributed by atoms with Gasteiger partial charge in [0.25, 0.3) is 0 Å². The Morgan fingerprint density at radius 1 is 0.897 bits per heavy atom. The molecule has 4 N–H and O–H groups in total. The zero-order chi connectivity index (χ0) is 27.8. The van der Waals surface area contributed by atoms with E-state index < -0.39 is 34.5 Å². The average molecular weight is 547 g/mol. The van der Waals surface area contributed by atoms with E-state index in [0.717, 1.165) is 0 Å². The van der Waals surface area contributed by atoms with Gasteiger partial charge in [-0.15, -0.1) is 0 Å². The Hall–Kier alpha value is -4.74. The number of carboxylic acid groups (broad SMARTS) is 1. The molecule has 0 bridgehead atoms. The first kappa shape index (κ1) is 27.3. The molecule has 3 aromatic carbocycles. The molecule has 39 heavy (non-hydrogen) atoms. The van der Waals surface area contributed by atoms with Crippen molar-refractivity contribution in [3.8, 4) is 16.9 Å². The fourth-order valence-corrected chi connectivity index (χ4v) is 5.30. The van der Waals surface area contributed by atoms with Crippen LogP contribution in [0.3, 0.4) is 0 Å². The van der Waals surface area contributed by atoms with E-state index in [2.05, 4.69) is 20.3 Å². The number of rotatable bonds is 10. The third-order valence-corrected chi connectivity index (χ3v) is 7.22. The van der Waals surface area contributed by atoms with Crippen molar-refractivity contribution < 1.29 is 27.9 Å². The van der Waals surface area contributed by atoms with Crippen LogP contribution in [0.25, 0.3) is 11.1 Å². The minimum absolute atomic E-state index is 0.110. The van der Waals surface area contributed by atoms with Gasteiger partial charge < -0.3 is 20.5 Å². The summed E-state index contributed by atoms with van der Waals surface area (Å²) in [6.07, 6.45) is 2.69. The number of hydrogen-bond acceptors (Lipinski definition) is 6. The van der Waals surface area contributed by atoms with Gasteiger partial charge in [0.1, 0.15) is 10.6 Å². The number of carboxylic acids is 1. The predicted octanol–water partition coefficient (Wildman–Crippen LogP) is 4.90. The van der Waals surface area contributed by atoms with E-state index >= 15 is 0 Å². The van der Waals surface area contributed by atoms with Crippen LogP contribution in [-0.4, -0.2) is 37.6 Å². The van der Waals surface area contributed by atoms with Crippen LogP contribution in [0.4, 0.5) is 16.2 Å². The van der Waals surface area contributed by atoms with Crippen LogP contribution >= 0.6 is 0 Å². The number of nitrogens with zero attached hydrogens (tertiary/aromatic N) is 1. The number of urea groups is 1. The second kappa shape index (κ2) is 12.2. The summed E-state index contributed by atoms with van der Waals surface area (Å²) in [6.45, 7) is 0. The molecule has 0 spiro atoms. The summed E-state index contributed by atoms with van der Waals surface area (Å²) in [5.74, 6) is -1.03. The fourth-order valence-electron chi connectivity index (χ4n) is 3.88. The molecule has 4 rings (SSSR count). The first-order chi connectivity index (χ1) is 18.7. The Morgan fingerprint density at radius 3 is 2.23 bits per heavy atom. The molecule has 200 valence electrons. The summed E-state index contributed by atoms with van der Waals surface area (Å²) in [7, 11) is -2.83. The van der Waals surface area contributed by atoms with Crippen molar-refractivity contribution in [3.05, 3.63) is 103 Å². The highest BCUT2D eigenvalue weighted by atomic mass is 32.2. The molecule has 0 fully saturated rings. The molecule has 0 saturated carbocycles. The largest absolute Gasteiger partial charge is 0.495 e. The summed E-state index contributed by atoms with van der Waals surface area (Å²) in [6, 6.07) is 22.1. The molecule has 1 unspecified atom stereocenters. The second-order valence-electron chi connectivity index (χ2n) is 8.45. The lowest BCUT2D eigenvalue weighted by atomic mass is 10.1. The van der Waals surface area contributed by atoms with Gasteiger partial charge in [0.15, 0.2) is 0 Å². The average Bonchev–Trinajstić information content (AvgIpc) is 2.93. The summed E-state index contributed by atoms with van der Waals surface area (Å²) in [4.78, 5) is 27.5. The van der Waals surface area contributed by atoms with E-state index in [1.54, 1.807) is 79.0 Å². The van der Waals surface area contributed by atoms with E-state index in [9.17, 15) is 23.1 Å². The van der Waals surface area contributed by atoms with E-state index in [1.807, 2.05) is 0 Å². The molecule has 0 aliphatic rings. The molecule has 0 radical (unpaired) electrons. The molecule has 0 aliphatic carbocycles. The maximum atomic E-state index is 13.4. The van der Waals surface area contributed by atoms with Gasteiger partial charge in [-0.2, -0.15) is 0 Å². The standard InChI is InChI=1S/C28H26N4O6S/c1-38-25-14-11-21(19-9-12-22(13-10-19)30-28(35)31-23-8-5-15-29-18-23)16-26(25)39(36,37)32-24(17-27(33)34)20-6-3-2-4-7-20/h2-16,18,24,32H,17H2,1H3,(H,33,34)(H2,30,31,35). The van der Waals surface area contributed by atoms with Crippen LogP contribution in [0.2, 0.25) is 0 Å². The molecule has 1 aromatic heterocycles. The monoisotopic (exact) mass is 546 g/mol. The first-order valence-corrected chi connectivity index (χ1v) is 13.3. The van der Waals surface area contributed by atoms with Crippen molar-refractivity contribution in [2.75, 3.05) is 17.7 Å². The minimum atomic E-state index is -4.19. The van der Waals surface area contributed by atoms with Gasteiger partial charge in [0.2, 0.25) is 10.0 Å².